The number of rotatable bonds is 1. The molecule has 2 bridgehead atoms. The number of aromatic nitrogens is 4. The monoisotopic (exact) mass is 179 g/mol. The number of hydrogen-bond donors (Lipinski definition) is 2. The highest BCUT2D eigenvalue weighted by Crippen LogP contribution is 2.53. The molecule has 5 heteroatoms. The van der Waals surface area contributed by atoms with Crippen molar-refractivity contribution in [3.05, 3.63) is 5.82 Å². The van der Waals surface area contributed by atoms with Gasteiger partial charge in [-0.3, -0.25) is 0 Å². The van der Waals surface area contributed by atoms with Gasteiger partial charge in [0.2, 0.25) is 0 Å². The number of hydrogen-bond acceptors (Lipinski definition) is 4. The standard InChI is InChI=1S/C8H13N5/c9-8(7-10-12-13-11-7)4-5-1-2-6(8)3-5/h5-6H,1-4,9H2,(H,10,11,12,13). The van der Waals surface area contributed by atoms with Gasteiger partial charge in [0.25, 0.3) is 0 Å². The lowest BCUT2D eigenvalue weighted by molar-refractivity contribution is 0.261. The summed E-state index contributed by atoms with van der Waals surface area (Å²) in [6.45, 7) is 0. The first-order valence-electron chi connectivity index (χ1n) is 4.82. The SMILES string of the molecule is NC1(c2nn[nH]n2)CC2CCC1C2. The fourth-order valence-electron chi connectivity index (χ4n) is 3.01. The minimum absolute atomic E-state index is 0.282. The Hall–Kier alpha value is -0.970. The Bertz CT molecular complexity index is 308. The highest BCUT2D eigenvalue weighted by atomic mass is 15.5. The maximum atomic E-state index is 6.33. The van der Waals surface area contributed by atoms with Crippen LogP contribution in [-0.4, -0.2) is 20.6 Å². The van der Waals surface area contributed by atoms with Crippen LogP contribution in [0.25, 0.3) is 0 Å². The third-order valence-corrected chi connectivity index (χ3v) is 3.66. The molecule has 2 aliphatic rings. The van der Waals surface area contributed by atoms with Gasteiger partial charge in [0.1, 0.15) is 0 Å². The Morgan fingerprint density at radius 3 is 2.92 bits per heavy atom. The topological polar surface area (TPSA) is 80.5 Å². The molecule has 0 amide bonds. The molecule has 0 saturated heterocycles. The lowest BCUT2D eigenvalue weighted by Crippen LogP contribution is -2.42. The van der Waals surface area contributed by atoms with E-state index in [1.807, 2.05) is 0 Å². The van der Waals surface area contributed by atoms with E-state index in [4.69, 9.17) is 5.73 Å². The van der Waals surface area contributed by atoms with Crippen LogP contribution in [0.2, 0.25) is 0 Å². The summed E-state index contributed by atoms with van der Waals surface area (Å²) in [5.74, 6) is 2.09. The number of nitrogens with two attached hydrogens (primary N) is 1. The molecular formula is C8H13N5. The molecule has 0 aliphatic heterocycles. The number of aromatic amines is 1. The average molecular weight is 179 g/mol. The quantitative estimate of drug-likeness (QED) is 0.644. The normalized spacial score (nSPS) is 42.8. The summed E-state index contributed by atoms with van der Waals surface area (Å²) in [6, 6.07) is 0. The van der Waals surface area contributed by atoms with Gasteiger partial charge in [-0.25, -0.2) is 0 Å². The number of fused-ring (bicyclic) bond motifs is 2. The molecule has 13 heavy (non-hydrogen) atoms. The predicted octanol–water partition coefficient (Wildman–Crippen LogP) is 0.174. The van der Waals surface area contributed by atoms with Gasteiger partial charge in [0.15, 0.2) is 5.82 Å². The third-order valence-electron chi connectivity index (χ3n) is 3.66. The van der Waals surface area contributed by atoms with E-state index in [2.05, 4.69) is 20.6 Å². The second-order valence-corrected chi connectivity index (χ2v) is 4.36. The van der Waals surface area contributed by atoms with Gasteiger partial charge in [-0.1, -0.05) is 11.6 Å². The van der Waals surface area contributed by atoms with E-state index < -0.39 is 0 Å². The van der Waals surface area contributed by atoms with Crippen molar-refractivity contribution in [3.8, 4) is 0 Å². The van der Waals surface area contributed by atoms with E-state index in [1.54, 1.807) is 0 Å². The molecule has 3 unspecified atom stereocenters. The Kier molecular flexibility index (Phi) is 1.31. The summed E-state index contributed by atoms with van der Waals surface area (Å²) >= 11 is 0. The van der Waals surface area contributed by atoms with Crippen molar-refractivity contribution in [2.24, 2.45) is 17.6 Å². The largest absolute Gasteiger partial charge is 0.318 e. The van der Waals surface area contributed by atoms with Crippen molar-refractivity contribution < 1.29 is 0 Å². The molecule has 2 fully saturated rings. The summed E-state index contributed by atoms with van der Waals surface area (Å²) in [5.41, 5.74) is 6.04. The number of tetrazole rings is 1. The first-order chi connectivity index (χ1) is 6.29. The second-order valence-electron chi connectivity index (χ2n) is 4.36. The molecule has 5 nitrogen and oxygen atoms in total. The summed E-state index contributed by atoms with van der Waals surface area (Å²) in [7, 11) is 0. The third kappa shape index (κ3) is 0.877. The van der Waals surface area contributed by atoms with Crippen LogP contribution in [-0.2, 0) is 5.54 Å². The highest BCUT2D eigenvalue weighted by molar-refractivity contribution is 5.12. The summed E-state index contributed by atoms with van der Waals surface area (Å²) in [6.07, 6.45) is 4.86. The minimum Gasteiger partial charge on any atom is -0.318 e. The fraction of sp³-hybridized carbons (Fsp3) is 0.875. The van der Waals surface area contributed by atoms with Crippen molar-refractivity contribution >= 4 is 0 Å². The second kappa shape index (κ2) is 2.29. The molecular weight excluding hydrogens is 166 g/mol. The zero-order valence-corrected chi connectivity index (χ0v) is 7.40. The van der Waals surface area contributed by atoms with Crippen molar-refractivity contribution in [2.45, 2.75) is 31.2 Å². The lowest BCUT2D eigenvalue weighted by atomic mass is 9.81. The fourth-order valence-corrected chi connectivity index (χ4v) is 3.01. The highest BCUT2D eigenvalue weighted by Gasteiger charge is 2.51. The van der Waals surface area contributed by atoms with E-state index in [9.17, 15) is 0 Å². The first kappa shape index (κ1) is 7.44. The number of nitrogens with zero attached hydrogens (tertiary/aromatic N) is 3. The molecule has 2 saturated carbocycles. The van der Waals surface area contributed by atoms with Crippen molar-refractivity contribution in [1.29, 1.82) is 0 Å². The Morgan fingerprint density at radius 1 is 1.46 bits per heavy atom. The molecule has 1 heterocycles. The van der Waals surface area contributed by atoms with Gasteiger partial charge in [-0.05, 0) is 31.1 Å². The van der Waals surface area contributed by atoms with Crippen LogP contribution in [0.3, 0.4) is 0 Å². The van der Waals surface area contributed by atoms with Crippen LogP contribution >= 0.6 is 0 Å². The molecule has 2 aliphatic carbocycles. The summed E-state index contributed by atoms with van der Waals surface area (Å²) in [4.78, 5) is 0. The molecule has 3 atom stereocenters. The zero-order valence-electron chi connectivity index (χ0n) is 7.40. The Labute approximate surface area is 76.1 Å². The average Bonchev–Trinajstić information content (AvgIpc) is 2.79. The first-order valence-corrected chi connectivity index (χ1v) is 4.82. The Balaban J connectivity index is 1.98. The minimum atomic E-state index is -0.282. The van der Waals surface area contributed by atoms with Gasteiger partial charge in [-0.2, -0.15) is 5.21 Å². The van der Waals surface area contributed by atoms with Gasteiger partial charge >= 0.3 is 0 Å². The lowest BCUT2D eigenvalue weighted by Gasteiger charge is -2.30. The molecule has 70 valence electrons. The van der Waals surface area contributed by atoms with E-state index >= 15 is 0 Å². The zero-order chi connectivity index (χ0) is 8.89. The van der Waals surface area contributed by atoms with Crippen molar-refractivity contribution in [1.82, 2.24) is 20.6 Å². The van der Waals surface area contributed by atoms with E-state index in [0.29, 0.717) is 11.7 Å². The van der Waals surface area contributed by atoms with Crippen LogP contribution in [0.15, 0.2) is 0 Å². The van der Waals surface area contributed by atoms with Crippen LogP contribution < -0.4 is 5.73 Å². The van der Waals surface area contributed by atoms with Gasteiger partial charge in [-0.15, -0.1) is 10.2 Å². The van der Waals surface area contributed by atoms with Gasteiger partial charge < -0.3 is 5.73 Å². The smallest absolute Gasteiger partial charge is 0.194 e. The van der Waals surface area contributed by atoms with Crippen LogP contribution in [0.1, 0.15) is 31.5 Å². The molecule has 3 N–H and O–H groups in total. The van der Waals surface area contributed by atoms with Crippen LogP contribution in [0.5, 0.6) is 0 Å². The maximum Gasteiger partial charge on any atom is 0.194 e. The van der Waals surface area contributed by atoms with Gasteiger partial charge in [0, 0.05) is 0 Å². The van der Waals surface area contributed by atoms with Crippen molar-refractivity contribution in [2.75, 3.05) is 0 Å². The van der Waals surface area contributed by atoms with E-state index in [1.165, 1.54) is 19.3 Å². The summed E-state index contributed by atoms with van der Waals surface area (Å²) in [5, 5.41) is 14.1. The molecule has 0 radical (unpaired) electrons. The molecule has 3 rings (SSSR count). The maximum absolute atomic E-state index is 6.33. The predicted molar refractivity (Wildman–Crippen MR) is 45.5 cm³/mol. The molecule has 1 aromatic heterocycles. The van der Waals surface area contributed by atoms with Crippen molar-refractivity contribution in [3.63, 3.8) is 0 Å². The number of nitrogens with one attached hydrogen (secondary N) is 1. The van der Waals surface area contributed by atoms with Crippen LogP contribution in [0.4, 0.5) is 0 Å². The Morgan fingerprint density at radius 2 is 2.38 bits per heavy atom. The van der Waals surface area contributed by atoms with E-state index in [0.717, 1.165) is 12.3 Å². The molecule has 0 aromatic carbocycles. The van der Waals surface area contributed by atoms with Gasteiger partial charge in [0.05, 0.1) is 5.54 Å². The number of H-pyrrole nitrogens is 1. The molecule has 0 spiro atoms. The summed E-state index contributed by atoms with van der Waals surface area (Å²) < 4.78 is 0. The van der Waals surface area contributed by atoms with Crippen LogP contribution in [0, 0.1) is 11.8 Å². The van der Waals surface area contributed by atoms with E-state index in [-0.39, 0.29) is 5.54 Å². The molecule has 1 aromatic rings.